The van der Waals surface area contributed by atoms with E-state index in [2.05, 4.69) is 11.0 Å². The molecule has 2 nitrogen and oxygen atoms in total. The highest BCUT2D eigenvalue weighted by Gasteiger charge is 2.45. The van der Waals surface area contributed by atoms with Crippen molar-refractivity contribution in [2.75, 3.05) is 18.0 Å². The van der Waals surface area contributed by atoms with Crippen LogP contribution in [0.5, 0.6) is 0 Å². The molecule has 1 aliphatic carbocycles. The molecule has 0 atom stereocenters. The fraction of sp³-hybridized carbons (Fsp3) is 0.533. The molecule has 90 valence electrons. The number of carbonyl (C=O) groups is 1. The summed E-state index contributed by atoms with van der Waals surface area (Å²) in [6, 6.07) is 8.00. The lowest BCUT2D eigenvalue weighted by Gasteiger charge is -2.50. The summed E-state index contributed by atoms with van der Waals surface area (Å²) in [7, 11) is 0. The molecule has 1 heterocycles. The Labute approximate surface area is 103 Å². The minimum atomic E-state index is 0.174. The summed E-state index contributed by atoms with van der Waals surface area (Å²) in [5.74, 6) is 0.174. The summed E-state index contributed by atoms with van der Waals surface area (Å²) in [4.78, 5) is 14.0. The Kier molecular flexibility index (Phi) is 2.46. The van der Waals surface area contributed by atoms with Gasteiger partial charge in [0.1, 0.15) is 0 Å². The Balaban J connectivity index is 1.80. The second kappa shape index (κ2) is 3.86. The van der Waals surface area contributed by atoms with E-state index < -0.39 is 0 Å². The molecule has 1 aromatic carbocycles. The van der Waals surface area contributed by atoms with Gasteiger partial charge in [0.25, 0.3) is 0 Å². The lowest BCUT2D eigenvalue weighted by Crippen LogP contribution is -2.55. The monoisotopic (exact) mass is 229 g/mol. The van der Waals surface area contributed by atoms with Gasteiger partial charge >= 0.3 is 0 Å². The van der Waals surface area contributed by atoms with Crippen molar-refractivity contribution in [3.63, 3.8) is 0 Å². The van der Waals surface area contributed by atoms with Crippen LogP contribution in [0.25, 0.3) is 0 Å². The maximum absolute atomic E-state index is 11.6. The summed E-state index contributed by atoms with van der Waals surface area (Å²) in [6.45, 7) is 3.96. The van der Waals surface area contributed by atoms with Crippen LogP contribution in [0.2, 0.25) is 0 Å². The molecule has 1 saturated carbocycles. The molecule has 1 spiro atoms. The highest BCUT2D eigenvalue weighted by molar-refractivity contribution is 5.99. The second-order valence-electron chi connectivity index (χ2n) is 5.64. The van der Waals surface area contributed by atoms with E-state index in [0.29, 0.717) is 5.41 Å². The van der Waals surface area contributed by atoms with Gasteiger partial charge in [0.15, 0.2) is 5.78 Å². The van der Waals surface area contributed by atoms with Crippen molar-refractivity contribution in [3.05, 3.63) is 29.8 Å². The Morgan fingerprint density at radius 1 is 1.18 bits per heavy atom. The van der Waals surface area contributed by atoms with Gasteiger partial charge in [0.2, 0.25) is 0 Å². The molecule has 1 aromatic rings. The van der Waals surface area contributed by atoms with Gasteiger partial charge in [0.05, 0.1) is 0 Å². The molecule has 1 saturated heterocycles. The van der Waals surface area contributed by atoms with E-state index in [1.165, 1.54) is 25.7 Å². The van der Waals surface area contributed by atoms with Crippen LogP contribution in [-0.2, 0) is 0 Å². The van der Waals surface area contributed by atoms with Crippen LogP contribution in [0.1, 0.15) is 43.0 Å². The fourth-order valence-corrected chi connectivity index (χ4v) is 3.42. The zero-order valence-electron chi connectivity index (χ0n) is 10.4. The normalized spacial score (nSPS) is 21.6. The van der Waals surface area contributed by atoms with Gasteiger partial charge in [-0.05, 0) is 31.9 Å². The van der Waals surface area contributed by atoms with E-state index in [4.69, 9.17) is 0 Å². The van der Waals surface area contributed by atoms with Crippen LogP contribution in [0.4, 0.5) is 5.69 Å². The minimum Gasteiger partial charge on any atom is -0.370 e. The van der Waals surface area contributed by atoms with E-state index in [1.807, 2.05) is 18.2 Å². The lowest BCUT2D eigenvalue weighted by atomic mass is 9.77. The van der Waals surface area contributed by atoms with E-state index in [1.54, 1.807) is 6.92 Å². The first-order valence-corrected chi connectivity index (χ1v) is 6.55. The maximum atomic E-state index is 11.6. The Bertz CT molecular complexity index is 438. The quantitative estimate of drug-likeness (QED) is 0.725. The van der Waals surface area contributed by atoms with Crippen LogP contribution in [0, 0.1) is 5.41 Å². The van der Waals surface area contributed by atoms with Crippen LogP contribution >= 0.6 is 0 Å². The first kappa shape index (κ1) is 10.8. The third-order valence-corrected chi connectivity index (χ3v) is 4.34. The molecule has 2 heteroatoms. The number of benzene rings is 1. The highest BCUT2D eigenvalue weighted by atomic mass is 16.1. The number of anilines is 1. The molecule has 0 bridgehead atoms. The van der Waals surface area contributed by atoms with Crippen LogP contribution in [0.3, 0.4) is 0 Å². The van der Waals surface area contributed by atoms with Crippen molar-refractivity contribution in [1.82, 2.24) is 0 Å². The van der Waals surface area contributed by atoms with Crippen molar-refractivity contribution < 1.29 is 4.79 Å². The Hall–Kier alpha value is -1.31. The lowest BCUT2D eigenvalue weighted by molar-refractivity contribution is 0.101. The predicted octanol–water partition coefficient (Wildman–Crippen LogP) is 3.27. The molecule has 0 amide bonds. The summed E-state index contributed by atoms with van der Waals surface area (Å²) in [5, 5.41) is 0. The average Bonchev–Trinajstić information content (AvgIpc) is 2.76. The van der Waals surface area contributed by atoms with Crippen LogP contribution in [-0.4, -0.2) is 18.9 Å². The molecule has 2 aliphatic rings. The maximum Gasteiger partial charge on any atom is 0.161 e. The number of para-hydroxylation sites is 1. The minimum absolute atomic E-state index is 0.174. The number of rotatable bonds is 2. The highest BCUT2D eigenvalue weighted by Crippen LogP contribution is 2.47. The third-order valence-electron chi connectivity index (χ3n) is 4.34. The van der Waals surface area contributed by atoms with E-state index in [-0.39, 0.29) is 5.78 Å². The van der Waals surface area contributed by atoms with Gasteiger partial charge < -0.3 is 4.90 Å². The largest absolute Gasteiger partial charge is 0.370 e. The molecule has 0 aromatic heterocycles. The van der Waals surface area contributed by atoms with Crippen molar-refractivity contribution in [3.8, 4) is 0 Å². The summed E-state index contributed by atoms with van der Waals surface area (Å²) < 4.78 is 0. The van der Waals surface area contributed by atoms with Crippen molar-refractivity contribution in [2.24, 2.45) is 5.41 Å². The van der Waals surface area contributed by atoms with Gasteiger partial charge in [-0.2, -0.15) is 0 Å². The number of hydrogen-bond donors (Lipinski definition) is 0. The molecule has 2 fully saturated rings. The zero-order valence-corrected chi connectivity index (χ0v) is 10.4. The molecular weight excluding hydrogens is 210 g/mol. The van der Waals surface area contributed by atoms with Gasteiger partial charge in [-0.15, -0.1) is 0 Å². The van der Waals surface area contributed by atoms with Gasteiger partial charge in [-0.25, -0.2) is 0 Å². The topological polar surface area (TPSA) is 20.3 Å². The van der Waals surface area contributed by atoms with Crippen LogP contribution in [0.15, 0.2) is 24.3 Å². The Morgan fingerprint density at radius 2 is 1.82 bits per heavy atom. The van der Waals surface area contributed by atoms with Gasteiger partial charge in [-0.3, -0.25) is 4.79 Å². The van der Waals surface area contributed by atoms with Gasteiger partial charge in [0, 0.05) is 29.8 Å². The van der Waals surface area contributed by atoms with E-state index >= 15 is 0 Å². The average molecular weight is 229 g/mol. The first-order valence-electron chi connectivity index (χ1n) is 6.55. The Morgan fingerprint density at radius 3 is 2.47 bits per heavy atom. The standard InChI is InChI=1S/C15H19NO/c1-12(17)13-6-2-3-7-14(13)16-10-15(11-16)8-4-5-9-15/h2-3,6-7H,4-5,8-11H2,1H3. The fourth-order valence-electron chi connectivity index (χ4n) is 3.42. The molecule has 17 heavy (non-hydrogen) atoms. The van der Waals surface area contributed by atoms with Crippen molar-refractivity contribution in [2.45, 2.75) is 32.6 Å². The second-order valence-corrected chi connectivity index (χ2v) is 5.64. The van der Waals surface area contributed by atoms with Gasteiger partial charge in [-0.1, -0.05) is 25.0 Å². The third kappa shape index (κ3) is 1.76. The number of carbonyl (C=O) groups excluding carboxylic acids is 1. The number of nitrogens with zero attached hydrogens (tertiary/aromatic N) is 1. The molecule has 0 unspecified atom stereocenters. The molecule has 0 radical (unpaired) electrons. The van der Waals surface area contributed by atoms with E-state index in [9.17, 15) is 4.79 Å². The predicted molar refractivity (Wildman–Crippen MR) is 69.6 cm³/mol. The zero-order chi connectivity index (χ0) is 11.9. The summed E-state index contributed by atoms with van der Waals surface area (Å²) in [5.41, 5.74) is 2.60. The van der Waals surface area contributed by atoms with Crippen LogP contribution < -0.4 is 4.90 Å². The molecule has 3 rings (SSSR count). The molecule has 0 N–H and O–H groups in total. The number of hydrogen-bond acceptors (Lipinski definition) is 2. The molecule has 1 aliphatic heterocycles. The summed E-state index contributed by atoms with van der Waals surface area (Å²) >= 11 is 0. The van der Waals surface area contributed by atoms with Crippen molar-refractivity contribution in [1.29, 1.82) is 0 Å². The first-order chi connectivity index (χ1) is 8.20. The van der Waals surface area contributed by atoms with E-state index in [0.717, 1.165) is 24.3 Å². The SMILES string of the molecule is CC(=O)c1ccccc1N1CC2(CCCC2)C1. The smallest absolute Gasteiger partial charge is 0.161 e. The number of Topliss-reactive ketones (excluding diaryl/α,β-unsaturated/α-hetero) is 1. The summed E-state index contributed by atoms with van der Waals surface area (Å²) in [6.07, 6.45) is 5.54. The van der Waals surface area contributed by atoms with Crippen molar-refractivity contribution >= 4 is 11.5 Å². The number of ketones is 1. The molecular formula is C15H19NO.